The Kier molecular flexibility index (Phi) is 11.1. The third-order valence-corrected chi connectivity index (χ3v) is 9.57. The largest absolute Gasteiger partial charge is 0.465 e. The zero-order chi connectivity index (χ0) is 34.2. The van der Waals surface area contributed by atoms with Crippen molar-refractivity contribution < 1.29 is 33.7 Å². The van der Waals surface area contributed by atoms with Crippen molar-refractivity contribution in [2.24, 2.45) is 0 Å². The van der Waals surface area contributed by atoms with E-state index in [1.165, 1.54) is 0 Å². The van der Waals surface area contributed by atoms with Gasteiger partial charge < -0.3 is 45.1 Å². The van der Waals surface area contributed by atoms with Gasteiger partial charge >= 0.3 is 12.0 Å². The van der Waals surface area contributed by atoms with Gasteiger partial charge in [-0.2, -0.15) is 0 Å². The van der Waals surface area contributed by atoms with E-state index in [2.05, 4.69) is 37.9 Å². The fourth-order valence-electron chi connectivity index (χ4n) is 6.86. The number of piperidine rings is 1. The van der Waals surface area contributed by atoms with Crippen LogP contribution in [0.25, 0.3) is 0 Å². The van der Waals surface area contributed by atoms with E-state index in [1.54, 1.807) is 6.92 Å². The fourth-order valence-corrected chi connectivity index (χ4v) is 6.86. The van der Waals surface area contributed by atoms with Crippen molar-refractivity contribution in [3.8, 4) is 0 Å². The lowest BCUT2D eigenvalue weighted by molar-refractivity contribution is -0.253. The standard InChI is InChI=1S/C37H45N5O7/c1-2-47-33(44)22-39-36(46)38-21-26-8-14-29(15-9-26)34-48-31(20-32(49-34)28-12-10-27(24-43)11-13-28)23-41-18-16-37(17-19-41)35(45)40-25-42(37)30-6-4-3-5-7-30/h3-15,31-32,34,43H,2,16-25H2,1H3,(H,40,45)(H2,38,39,46). The third-order valence-electron chi connectivity index (χ3n) is 9.57. The number of aliphatic hydroxyl groups is 1. The molecule has 3 aromatic rings. The first-order chi connectivity index (χ1) is 23.9. The maximum absolute atomic E-state index is 13.2. The minimum Gasteiger partial charge on any atom is -0.465 e. The molecule has 12 heteroatoms. The van der Waals surface area contributed by atoms with Crippen LogP contribution in [-0.4, -0.2) is 79.0 Å². The number of amides is 3. The van der Waals surface area contributed by atoms with Gasteiger partial charge in [-0.1, -0.05) is 66.7 Å². The van der Waals surface area contributed by atoms with Gasteiger partial charge in [-0.25, -0.2) is 4.79 Å². The number of benzene rings is 3. The molecule has 3 heterocycles. The van der Waals surface area contributed by atoms with E-state index in [4.69, 9.17) is 14.2 Å². The number of ether oxygens (including phenoxy) is 3. The van der Waals surface area contributed by atoms with Crippen molar-refractivity contribution in [2.45, 2.75) is 63.4 Å². The van der Waals surface area contributed by atoms with Gasteiger partial charge in [0, 0.05) is 43.9 Å². The second kappa shape index (κ2) is 15.8. The molecule has 3 saturated heterocycles. The zero-order valence-corrected chi connectivity index (χ0v) is 27.8. The molecule has 4 N–H and O–H groups in total. The summed E-state index contributed by atoms with van der Waals surface area (Å²) in [5, 5.41) is 17.9. The van der Waals surface area contributed by atoms with Gasteiger partial charge in [-0.15, -0.1) is 0 Å². The van der Waals surface area contributed by atoms with Crippen molar-refractivity contribution in [3.63, 3.8) is 0 Å². The number of esters is 1. The monoisotopic (exact) mass is 671 g/mol. The highest BCUT2D eigenvalue weighted by atomic mass is 16.7. The van der Waals surface area contributed by atoms with Crippen LogP contribution in [-0.2, 0) is 37.0 Å². The van der Waals surface area contributed by atoms with Gasteiger partial charge in [0.1, 0.15) is 12.1 Å². The summed E-state index contributed by atoms with van der Waals surface area (Å²) in [5.74, 6) is -0.392. The summed E-state index contributed by atoms with van der Waals surface area (Å²) in [6.07, 6.45) is 1.16. The predicted molar refractivity (Wildman–Crippen MR) is 182 cm³/mol. The molecule has 12 nitrogen and oxygen atoms in total. The van der Waals surface area contributed by atoms with Crippen LogP contribution in [0.2, 0.25) is 0 Å². The number of carbonyl (C=O) groups is 3. The van der Waals surface area contributed by atoms with E-state index in [-0.39, 0.29) is 44.4 Å². The quantitative estimate of drug-likeness (QED) is 0.226. The van der Waals surface area contributed by atoms with Gasteiger partial charge in [-0.3, -0.25) is 9.59 Å². The number of hydrogen-bond donors (Lipinski definition) is 4. The van der Waals surface area contributed by atoms with Crippen LogP contribution in [0.3, 0.4) is 0 Å². The van der Waals surface area contributed by atoms with E-state index < -0.39 is 23.8 Å². The summed E-state index contributed by atoms with van der Waals surface area (Å²) in [6, 6.07) is 25.2. The molecule has 3 aliphatic heterocycles. The number of para-hydroxylation sites is 1. The molecule has 260 valence electrons. The Bertz CT molecular complexity index is 1560. The Morgan fingerprint density at radius 3 is 2.33 bits per heavy atom. The van der Waals surface area contributed by atoms with Crippen LogP contribution >= 0.6 is 0 Å². The number of likely N-dealkylation sites (tertiary alicyclic amines) is 1. The van der Waals surface area contributed by atoms with Gasteiger partial charge in [0.05, 0.1) is 32.1 Å². The molecule has 3 aliphatic rings. The summed E-state index contributed by atoms with van der Waals surface area (Å²) in [7, 11) is 0. The number of rotatable bonds is 11. The van der Waals surface area contributed by atoms with Gasteiger partial charge in [0.25, 0.3) is 0 Å². The molecule has 3 atom stereocenters. The van der Waals surface area contributed by atoms with Crippen LogP contribution in [0.4, 0.5) is 10.5 Å². The normalized spacial score (nSPS) is 22.0. The molecule has 0 aliphatic carbocycles. The highest BCUT2D eigenvalue weighted by Crippen LogP contribution is 2.40. The van der Waals surface area contributed by atoms with Crippen molar-refractivity contribution in [2.75, 3.05) is 44.4 Å². The SMILES string of the molecule is CCOC(=O)CNC(=O)NCc1ccc(C2OC(CN3CCC4(CC3)C(=O)NCN4c3ccccc3)CC(c3ccc(CO)cc3)O2)cc1. The van der Waals surface area contributed by atoms with Crippen molar-refractivity contribution >= 4 is 23.6 Å². The smallest absolute Gasteiger partial charge is 0.325 e. The maximum atomic E-state index is 13.2. The molecular formula is C37H45N5O7. The molecular weight excluding hydrogens is 626 g/mol. The molecule has 3 aromatic carbocycles. The lowest BCUT2D eigenvalue weighted by atomic mass is 9.85. The number of urea groups is 1. The Morgan fingerprint density at radius 2 is 1.63 bits per heavy atom. The summed E-state index contributed by atoms with van der Waals surface area (Å²) in [4.78, 5) is 41.4. The molecule has 0 aromatic heterocycles. The minimum atomic E-state index is -0.610. The summed E-state index contributed by atoms with van der Waals surface area (Å²) >= 11 is 0. The molecule has 1 spiro atoms. The molecule has 49 heavy (non-hydrogen) atoms. The molecule has 0 bridgehead atoms. The molecule has 3 amide bonds. The van der Waals surface area contributed by atoms with Crippen molar-refractivity contribution in [3.05, 3.63) is 101 Å². The Hall–Kier alpha value is -4.49. The van der Waals surface area contributed by atoms with Gasteiger partial charge in [0.2, 0.25) is 5.91 Å². The van der Waals surface area contributed by atoms with E-state index in [1.807, 2.05) is 66.7 Å². The highest BCUT2D eigenvalue weighted by Gasteiger charge is 2.50. The van der Waals surface area contributed by atoms with E-state index >= 15 is 0 Å². The molecule has 6 rings (SSSR count). The third kappa shape index (κ3) is 8.22. The second-order valence-corrected chi connectivity index (χ2v) is 12.7. The first kappa shape index (κ1) is 34.4. The maximum Gasteiger partial charge on any atom is 0.325 e. The fraction of sp³-hybridized carbons (Fsp3) is 0.432. The molecule has 0 radical (unpaired) electrons. The Morgan fingerprint density at radius 1 is 0.939 bits per heavy atom. The highest BCUT2D eigenvalue weighted by molar-refractivity contribution is 5.93. The first-order valence-electron chi connectivity index (χ1n) is 17.0. The first-order valence-corrected chi connectivity index (χ1v) is 17.0. The average molecular weight is 672 g/mol. The Balaban J connectivity index is 1.10. The van der Waals surface area contributed by atoms with Crippen LogP contribution in [0.5, 0.6) is 0 Å². The van der Waals surface area contributed by atoms with E-state index in [9.17, 15) is 19.5 Å². The van der Waals surface area contributed by atoms with Crippen LogP contribution in [0.15, 0.2) is 78.9 Å². The van der Waals surface area contributed by atoms with Crippen LogP contribution in [0.1, 0.15) is 60.8 Å². The lowest BCUT2D eigenvalue weighted by Crippen LogP contribution is -2.57. The molecule has 3 unspecified atom stereocenters. The number of hydrogen-bond acceptors (Lipinski definition) is 9. The molecule has 3 fully saturated rings. The van der Waals surface area contributed by atoms with E-state index in [0.717, 1.165) is 53.9 Å². The number of anilines is 1. The minimum absolute atomic E-state index is 0.0232. The summed E-state index contributed by atoms with van der Waals surface area (Å²) in [6.45, 7) is 4.79. The zero-order valence-electron chi connectivity index (χ0n) is 27.8. The second-order valence-electron chi connectivity index (χ2n) is 12.7. The van der Waals surface area contributed by atoms with Crippen molar-refractivity contribution in [1.82, 2.24) is 20.9 Å². The van der Waals surface area contributed by atoms with Gasteiger partial charge in [0.15, 0.2) is 6.29 Å². The topological polar surface area (TPSA) is 142 Å². The van der Waals surface area contributed by atoms with Crippen LogP contribution in [0, 0.1) is 0 Å². The number of nitrogens with one attached hydrogen (secondary N) is 3. The number of aliphatic hydroxyl groups excluding tert-OH is 1. The number of nitrogens with zero attached hydrogens (tertiary/aromatic N) is 2. The van der Waals surface area contributed by atoms with Gasteiger partial charge in [-0.05, 0) is 48.6 Å². The predicted octanol–water partition coefficient (Wildman–Crippen LogP) is 3.52. The average Bonchev–Trinajstić information content (AvgIpc) is 3.45. The Labute approximate surface area is 286 Å². The van der Waals surface area contributed by atoms with E-state index in [0.29, 0.717) is 19.6 Å². The van der Waals surface area contributed by atoms with Crippen LogP contribution < -0.4 is 20.9 Å². The summed E-state index contributed by atoms with van der Waals surface area (Å²) < 4.78 is 18.0. The molecule has 0 saturated carbocycles. The van der Waals surface area contributed by atoms with Crippen molar-refractivity contribution in [1.29, 1.82) is 0 Å². The lowest BCUT2D eigenvalue weighted by Gasteiger charge is -2.45. The number of carbonyl (C=O) groups excluding carboxylic acids is 3. The summed E-state index contributed by atoms with van der Waals surface area (Å²) in [5.41, 5.74) is 4.09.